The lowest BCUT2D eigenvalue weighted by Gasteiger charge is -2.40. The van der Waals surface area contributed by atoms with Crippen LogP contribution in [0, 0.1) is 0 Å². The maximum atomic E-state index is 5.58. The van der Waals surface area contributed by atoms with Crippen LogP contribution in [0.2, 0.25) is 0 Å². The van der Waals surface area contributed by atoms with Crippen LogP contribution in [0.15, 0.2) is 241 Å². The van der Waals surface area contributed by atoms with E-state index in [1.165, 1.54) is 87.0 Å². The minimum absolute atomic E-state index is 0.471. The van der Waals surface area contributed by atoms with E-state index in [-0.39, 0.29) is 0 Å². The molecule has 0 fully saturated rings. The van der Waals surface area contributed by atoms with Crippen molar-refractivity contribution in [2.24, 2.45) is 0 Å². The summed E-state index contributed by atoms with van der Waals surface area (Å²) >= 11 is 1.90. The second kappa shape index (κ2) is 13.5. The number of hydrogen-bond acceptors (Lipinski definition) is 3. The highest BCUT2D eigenvalue weighted by molar-refractivity contribution is 7.99. The number of para-hydroxylation sites is 4. The maximum Gasteiger partial charge on any atom is 0.0939 e. The van der Waals surface area contributed by atoms with Crippen LogP contribution >= 0.6 is 11.8 Å². The molecule has 1 aliphatic heterocycles. The van der Waals surface area contributed by atoms with Crippen molar-refractivity contribution in [3.63, 3.8) is 0 Å². The van der Waals surface area contributed by atoms with Crippen LogP contribution in [0.4, 0.5) is 0 Å². The Labute approximate surface area is 413 Å². The zero-order valence-corrected chi connectivity index (χ0v) is 39.0. The molecule has 3 aliphatic carbocycles. The van der Waals surface area contributed by atoms with Crippen LogP contribution in [0.1, 0.15) is 44.5 Å². The lowest BCUT2D eigenvalue weighted by Crippen LogP contribution is -2.33. The molecule has 0 radical (unpaired) electrons. The third kappa shape index (κ3) is 4.55. The van der Waals surface area contributed by atoms with Gasteiger partial charge >= 0.3 is 0 Å². The van der Waals surface area contributed by atoms with E-state index in [9.17, 15) is 0 Å². The quantitative estimate of drug-likeness (QED) is 0.173. The SMILES string of the molecule is c1ccc2c(c1)Sc1cc3c(cc1C21c2cc(-n4c5ccccc5c5ccccc54)cnc2-c2ncc(-n4c5ccccc5c5ccccc54)cc21)-c1ccccc1C31c2ccccc2-c2ccccc21. The Balaban J connectivity index is 1.01. The standard InChI is InChI=1S/C66H38N4S/c1-8-24-49-41(17-1)42-18-2-9-25-50(42)65(49)51-26-10-3-19-43(51)48-35-54-62(36-53(48)65)71-61-32-16-11-27-52(61)66(54)55-33-39(69-57-28-12-4-20-44(57)45-21-5-13-29-58(45)69)37-67-63(55)64-56(66)34-40(38-68-64)70-59-30-14-6-22-46(59)47-23-7-15-31-60(47)70/h1-38H. The van der Waals surface area contributed by atoms with Gasteiger partial charge in [-0.05, 0) is 110 Å². The van der Waals surface area contributed by atoms with Gasteiger partial charge in [-0.2, -0.15) is 0 Å². The van der Waals surface area contributed by atoms with Crippen molar-refractivity contribution in [3.8, 4) is 45.0 Å². The number of pyridine rings is 2. The van der Waals surface area contributed by atoms with Gasteiger partial charge in [-0.3, -0.25) is 9.97 Å². The van der Waals surface area contributed by atoms with Crippen molar-refractivity contribution < 1.29 is 0 Å². The van der Waals surface area contributed by atoms with Gasteiger partial charge < -0.3 is 9.13 Å². The largest absolute Gasteiger partial charge is 0.308 e. The Bertz CT molecular complexity index is 4220. The van der Waals surface area contributed by atoms with E-state index >= 15 is 0 Å². The average molecular weight is 919 g/mol. The summed E-state index contributed by atoms with van der Waals surface area (Å²) in [6.45, 7) is 0. The van der Waals surface area contributed by atoms with Gasteiger partial charge in [-0.25, -0.2) is 0 Å². The molecular formula is C66H38N4S. The van der Waals surface area contributed by atoms with Crippen LogP contribution in [0.3, 0.4) is 0 Å². The molecule has 4 aromatic heterocycles. The van der Waals surface area contributed by atoms with E-state index in [0.29, 0.717) is 0 Å². The molecule has 2 spiro atoms. The highest BCUT2D eigenvalue weighted by Crippen LogP contribution is 2.67. The van der Waals surface area contributed by atoms with E-state index in [1.54, 1.807) is 0 Å². The van der Waals surface area contributed by atoms with E-state index in [4.69, 9.17) is 9.97 Å². The molecule has 0 saturated carbocycles. The number of benzene rings is 9. The van der Waals surface area contributed by atoms with Crippen molar-refractivity contribution in [2.45, 2.75) is 20.6 Å². The van der Waals surface area contributed by atoms with Crippen LogP contribution in [-0.4, -0.2) is 19.1 Å². The zero-order chi connectivity index (χ0) is 46.2. The van der Waals surface area contributed by atoms with Gasteiger partial charge in [-0.1, -0.05) is 176 Å². The fourth-order valence-electron chi connectivity index (χ4n) is 13.9. The molecular weight excluding hydrogens is 881 g/mol. The van der Waals surface area contributed by atoms with Gasteiger partial charge in [0.05, 0.1) is 68.1 Å². The first-order valence-electron chi connectivity index (χ1n) is 24.5. The summed E-state index contributed by atoms with van der Waals surface area (Å²) in [6, 6.07) is 81.7. The lowest BCUT2D eigenvalue weighted by molar-refractivity contribution is 0.713. The summed E-state index contributed by atoms with van der Waals surface area (Å²) in [5, 5.41) is 4.90. The minimum Gasteiger partial charge on any atom is -0.308 e. The second-order valence-electron chi connectivity index (χ2n) is 19.5. The molecule has 328 valence electrons. The molecule has 9 aromatic carbocycles. The molecule has 4 aliphatic rings. The van der Waals surface area contributed by atoms with Gasteiger partial charge in [0.1, 0.15) is 0 Å². The molecule has 71 heavy (non-hydrogen) atoms. The molecule has 17 rings (SSSR count). The van der Waals surface area contributed by atoms with Gasteiger partial charge in [0.15, 0.2) is 0 Å². The summed E-state index contributed by atoms with van der Waals surface area (Å²) in [5.41, 5.74) is 22.6. The summed E-state index contributed by atoms with van der Waals surface area (Å²) in [6.07, 6.45) is 4.15. The van der Waals surface area contributed by atoms with Gasteiger partial charge in [-0.15, -0.1) is 0 Å². The first kappa shape index (κ1) is 38.1. The van der Waals surface area contributed by atoms with Crippen LogP contribution in [0.5, 0.6) is 0 Å². The van der Waals surface area contributed by atoms with Crippen LogP contribution in [0.25, 0.3) is 88.6 Å². The Hall–Kier alpha value is -8.77. The van der Waals surface area contributed by atoms with Crippen LogP contribution in [-0.2, 0) is 10.8 Å². The molecule has 0 N–H and O–H groups in total. The number of rotatable bonds is 2. The fraction of sp³-hybridized carbons (Fsp3) is 0.0303. The number of fused-ring (bicyclic) bond motifs is 25. The molecule has 0 saturated heterocycles. The molecule has 0 amide bonds. The van der Waals surface area contributed by atoms with E-state index in [1.807, 2.05) is 11.8 Å². The molecule has 0 unspecified atom stereocenters. The zero-order valence-electron chi connectivity index (χ0n) is 38.1. The van der Waals surface area contributed by atoms with Gasteiger partial charge in [0.25, 0.3) is 0 Å². The molecule has 4 nitrogen and oxygen atoms in total. The second-order valence-corrected chi connectivity index (χ2v) is 20.6. The molecule has 5 heterocycles. The van der Waals surface area contributed by atoms with Crippen molar-refractivity contribution >= 4 is 55.4 Å². The number of aromatic nitrogens is 4. The average Bonchev–Trinajstić information content (AvgIpc) is 4.20. The van der Waals surface area contributed by atoms with E-state index < -0.39 is 10.8 Å². The summed E-state index contributed by atoms with van der Waals surface area (Å²) in [4.78, 5) is 13.6. The number of hydrogen-bond donors (Lipinski definition) is 0. The third-order valence-corrected chi connectivity index (χ3v) is 17.6. The van der Waals surface area contributed by atoms with Crippen LogP contribution < -0.4 is 0 Å². The molecule has 5 heteroatoms. The highest BCUT2D eigenvalue weighted by atomic mass is 32.2. The third-order valence-electron chi connectivity index (χ3n) is 16.5. The molecule has 0 bridgehead atoms. The Morgan fingerprint density at radius 1 is 0.296 bits per heavy atom. The van der Waals surface area contributed by atoms with Crippen molar-refractivity contribution in [1.82, 2.24) is 19.1 Å². The van der Waals surface area contributed by atoms with Crippen molar-refractivity contribution in [2.75, 3.05) is 0 Å². The first-order chi connectivity index (χ1) is 35.2. The monoisotopic (exact) mass is 918 g/mol. The smallest absolute Gasteiger partial charge is 0.0939 e. The first-order valence-corrected chi connectivity index (χ1v) is 25.3. The summed E-state index contributed by atoms with van der Waals surface area (Å²) in [7, 11) is 0. The Morgan fingerprint density at radius 2 is 0.676 bits per heavy atom. The summed E-state index contributed by atoms with van der Waals surface area (Å²) in [5.74, 6) is 0. The predicted octanol–water partition coefficient (Wildman–Crippen LogP) is 15.8. The van der Waals surface area contributed by atoms with E-state index in [2.05, 4.69) is 240 Å². The van der Waals surface area contributed by atoms with Crippen molar-refractivity contribution in [1.29, 1.82) is 0 Å². The van der Waals surface area contributed by atoms with Crippen molar-refractivity contribution in [3.05, 3.63) is 275 Å². The Kier molecular flexibility index (Phi) is 7.25. The summed E-state index contributed by atoms with van der Waals surface area (Å²) < 4.78 is 4.82. The topological polar surface area (TPSA) is 35.6 Å². The predicted molar refractivity (Wildman–Crippen MR) is 288 cm³/mol. The Morgan fingerprint density at radius 3 is 1.15 bits per heavy atom. The number of nitrogens with zero attached hydrogens (tertiary/aromatic N) is 4. The van der Waals surface area contributed by atoms with Gasteiger partial charge in [0.2, 0.25) is 0 Å². The maximum absolute atomic E-state index is 5.58. The molecule has 13 aromatic rings. The molecule has 0 atom stereocenters. The fourth-order valence-corrected chi connectivity index (χ4v) is 15.1. The van der Waals surface area contributed by atoms with E-state index in [0.717, 1.165) is 56.0 Å². The highest BCUT2D eigenvalue weighted by Gasteiger charge is 2.56. The lowest BCUT2D eigenvalue weighted by atomic mass is 9.66. The van der Waals surface area contributed by atoms with Gasteiger partial charge in [0, 0.05) is 42.5 Å². The normalized spacial score (nSPS) is 14.6. The minimum atomic E-state index is -0.795.